The molecule has 6 rings (SSSR count). The Hall–Kier alpha value is -4.15. The van der Waals surface area contributed by atoms with E-state index in [9.17, 15) is 4.79 Å². The smallest absolute Gasteiger partial charge is 0.221 e. The van der Waals surface area contributed by atoms with E-state index in [1.54, 1.807) is 17.0 Å². The average molecular weight is 535 g/mol. The second kappa shape index (κ2) is 9.38. The predicted octanol–water partition coefficient (Wildman–Crippen LogP) is 4.39. The van der Waals surface area contributed by atoms with Crippen molar-refractivity contribution in [2.24, 2.45) is 5.73 Å². The van der Waals surface area contributed by atoms with Crippen LogP contribution in [-0.2, 0) is 16.1 Å². The highest BCUT2D eigenvalue weighted by molar-refractivity contribution is 6.32. The van der Waals surface area contributed by atoms with Gasteiger partial charge in [-0.1, -0.05) is 41.4 Å². The largest absolute Gasteiger partial charge is 0.386 e. The summed E-state index contributed by atoms with van der Waals surface area (Å²) in [6, 6.07) is 12.8. The van der Waals surface area contributed by atoms with Gasteiger partial charge in [0.1, 0.15) is 35.3 Å². The van der Waals surface area contributed by atoms with Crippen LogP contribution in [0.5, 0.6) is 0 Å². The lowest BCUT2D eigenvalue weighted by Crippen LogP contribution is -2.23. The van der Waals surface area contributed by atoms with Crippen LogP contribution in [0.25, 0.3) is 22.5 Å². The molecule has 10 nitrogen and oxygen atoms in total. The lowest BCUT2D eigenvalue weighted by Gasteiger charge is -2.28. The first kappa shape index (κ1) is 23.3. The minimum absolute atomic E-state index is 0.150. The van der Waals surface area contributed by atoms with Crippen LogP contribution in [-0.4, -0.2) is 41.1 Å². The molecular weight excluding hydrogens is 515 g/mol. The van der Waals surface area contributed by atoms with E-state index in [0.29, 0.717) is 21.7 Å². The number of primary amides is 1. The van der Waals surface area contributed by atoms with Crippen LogP contribution >= 0.6 is 23.2 Å². The molecule has 2 aliphatic heterocycles. The minimum Gasteiger partial charge on any atom is -0.386 e. The van der Waals surface area contributed by atoms with Crippen LogP contribution in [0.15, 0.2) is 66.8 Å². The second-order valence-electron chi connectivity index (χ2n) is 8.74. The number of rotatable bonds is 6. The second-order valence-corrected chi connectivity index (χ2v) is 9.55. The van der Waals surface area contributed by atoms with Gasteiger partial charge in [0.25, 0.3) is 0 Å². The summed E-state index contributed by atoms with van der Waals surface area (Å²) in [4.78, 5) is 25.4. The standard InChI is InChI=1S/C25H20Cl2N8O2/c26-17-4-6-20(34-13-29-32-33-34)19(11-17)16-10-18-5-7-21(35(18)37-12-16)25-30-23(24(27)31-25)15-3-1-2-14(8-15)9-22(28)36/h1-4,6,8,10-13,21H,5,7,9H2,(H2,28,36)(H,30,31)/t21-/m0/s1. The number of carbonyl (C=O) groups is 1. The Balaban J connectivity index is 1.27. The number of hydroxylamine groups is 2. The normalized spacial score (nSPS) is 16.7. The molecule has 2 aromatic carbocycles. The molecule has 0 unspecified atom stereocenters. The maximum Gasteiger partial charge on any atom is 0.221 e. The number of nitrogens with one attached hydrogen (secondary N) is 1. The van der Waals surface area contributed by atoms with Crippen LogP contribution in [0, 0.1) is 0 Å². The Kier molecular flexibility index (Phi) is 5.90. The lowest BCUT2D eigenvalue weighted by atomic mass is 10.0. The maximum absolute atomic E-state index is 11.3. The van der Waals surface area contributed by atoms with E-state index in [1.165, 1.54) is 6.33 Å². The van der Waals surface area contributed by atoms with Crippen molar-refractivity contribution in [2.45, 2.75) is 25.3 Å². The fourth-order valence-corrected chi connectivity index (χ4v) is 5.08. The van der Waals surface area contributed by atoms with E-state index in [-0.39, 0.29) is 12.5 Å². The number of aromatic nitrogens is 6. The molecule has 186 valence electrons. The lowest BCUT2D eigenvalue weighted by molar-refractivity contribution is -0.117. The van der Waals surface area contributed by atoms with Gasteiger partial charge in [-0.05, 0) is 59.2 Å². The van der Waals surface area contributed by atoms with Gasteiger partial charge in [-0.2, -0.15) is 4.68 Å². The topological polar surface area (TPSA) is 128 Å². The molecular formula is C25H20Cl2N8O2. The number of aromatic amines is 1. The van der Waals surface area contributed by atoms with E-state index >= 15 is 0 Å². The highest BCUT2D eigenvalue weighted by atomic mass is 35.5. The van der Waals surface area contributed by atoms with Gasteiger partial charge in [-0.25, -0.2) is 10.0 Å². The number of allylic oxidation sites excluding steroid dienone is 3. The number of halogens is 2. The van der Waals surface area contributed by atoms with Gasteiger partial charge in [0, 0.05) is 21.7 Å². The summed E-state index contributed by atoms with van der Waals surface area (Å²) in [5.41, 5.74) is 11.0. The number of amides is 1. The van der Waals surface area contributed by atoms with Crippen molar-refractivity contribution in [2.75, 3.05) is 0 Å². The summed E-state index contributed by atoms with van der Waals surface area (Å²) in [5.74, 6) is 0.298. The number of carbonyl (C=O) groups excluding carboxylic acids is 1. The molecule has 2 aliphatic rings. The molecule has 2 aromatic heterocycles. The number of hydrogen-bond acceptors (Lipinski definition) is 7. The Bertz CT molecular complexity index is 1560. The first-order chi connectivity index (χ1) is 18.0. The van der Waals surface area contributed by atoms with Gasteiger partial charge in [-0.3, -0.25) is 4.79 Å². The van der Waals surface area contributed by atoms with Crippen LogP contribution < -0.4 is 5.73 Å². The predicted molar refractivity (Wildman–Crippen MR) is 137 cm³/mol. The fourth-order valence-electron chi connectivity index (χ4n) is 4.66. The number of fused-ring (bicyclic) bond motifs is 1. The highest BCUT2D eigenvalue weighted by Crippen LogP contribution is 2.43. The molecule has 37 heavy (non-hydrogen) atoms. The van der Waals surface area contributed by atoms with Crippen LogP contribution in [0.1, 0.15) is 35.8 Å². The summed E-state index contributed by atoms with van der Waals surface area (Å²) in [6.45, 7) is 0. The molecule has 1 amide bonds. The molecule has 0 radical (unpaired) electrons. The molecule has 12 heteroatoms. The van der Waals surface area contributed by atoms with Gasteiger partial charge in [0.2, 0.25) is 5.91 Å². The Morgan fingerprint density at radius 2 is 2.11 bits per heavy atom. The van der Waals surface area contributed by atoms with Gasteiger partial charge in [0.05, 0.1) is 17.8 Å². The summed E-state index contributed by atoms with van der Waals surface area (Å²) in [5, 5.41) is 14.3. The van der Waals surface area contributed by atoms with Crippen molar-refractivity contribution in [3.63, 3.8) is 0 Å². The third-order valence-electron chi connectivity index (χ3n) is 6.29. The number of nitrogens with two attached hydrogens (primary N) is 1. The number of nitrogens with zero attached hydrogens (tertiary/aromatic N) is 6. The quantitative estimate of drug-likeness (QED) is 0.375. The van der Waals surface area contributed by atoms with Crippen molar-refractivity contribution in [1.82, 2.24) is 35.2 Å². The third kappa shape index (κ3) is 4.45. The summed E-state index contributed by atoms with van der Waals surface area (Å²) in [7, 11) is 0. The van der Waals surface area contributed by atoms with E-state index in [0.717, 1.165) is 46.5 Å². The molecule has 1 saturated heterocycles. The molecule has 4 aromatic rings. The fraction of sp³-hybridized carbons (Fsp3) is 0.160. The minimum atomic E-state index is -0.395. The van der Waals surface area contributed by atoms with Crippen molar-refractivity contribution in [1.29, 1.82) is 0 Å². The third-order valence-corrected chi connectivity index (χ3v) is 6.80. The van der Waals surface area contributed by atoms with Gasteiger partial charge in [0.15, 0.2) is 0 Å². The molecule has 4 heterocycles. The summed E-state index contributed by atoms with van der Waals surface area (Å²) >= 11 is 12.9. The van der Waals surface area contributed by atoms with Crippen LogP contribution in [0.2, 0.25) is 10.2 Å². The van der Waals surface area contributed by atoms with E-state index < -0.39 is 5.91 Å². The van der Waals surface area contributed by atoms with E-state index in [1.807, 2.05) is 41.5 Å². The van der Waals surface area contributed by atoms with Crippen LogP contribution in [0.3, 0.4) is 0 Å². The average Bonchev–Trinajstić information content (AvgIpc) is 3.63. The van der Waals surface area contributed by atoms with Gasteiger partial charge >= 0.3 is 0 Å². The van der Waals surface area contributed by atoms with E-state index in [4.69, 9.17) is 38.8 Å². The Morgan fingerprint density at radius 1 is 1.22 bits per heavy atom. The molecule has 1 atom stereocenters. The van der Waals surface area contributed by atoms with Crippen molar-refractivity contribution >= 4 is 34.7 Å². The molecule has 1 fully saturated rings. The first-order valence-corrected chi connectivity index (χ1v) is 12.2. The Morgan fingerprint density at radius 3 is 2.92 bits per heavy atom. The van der Waals surface area contributed by atoms with Gasteiger partial charge in [-0.15, -0.1) is 5.10 Å². The highest BCUT2D eigenvalue weighted by Gasteiger charge is 2.36. The number of H-pyrrole nitrogens is 1. The Labute approximate surface area is 221 Å². The molecule has 0 bridgehead atoms. The summed E-state index contributed by atoms with van der Waals surface area (Å²) < 4.78 is 1.58. The SMILES string of the molecule is NC(=O)Cc1cccc(-c2nc([C@@H]3CCC4=CC(c5cc(Cl)ccc5-n5cnnn5)=CON43)[nH]c2Cl)c1. The zero-order valence-corrected chi connectivity index (χ0v) is 20.8. The molecule has 0 aliphatic carbocycles. The monoisotopic (exact) mass is 534 g/mol. The zero-order valence-electron chi connectivity index (χ0n) is 19.3. The van der Waals surface area contributed by atoms with Crippen molar-refractivity contribution in [3.8, 4) is 16.9 Å². The zero-order chi connectivity index (χ0) is 25.5. The summed E-state index contributed by atoms with van der Waals surface area (Å²) in [6.07, 6.45) is 7.00. The molecule has 0 saturated carbocycles. The number of tetrazole rings is 1. The van der Waals surface area contributed by atoms with E-state index in [2.05, 4.69) is 26.6 Å². The molecule has 0 spiro atoms. The number of imidazole rings is 1. The number of benzene rings is 2. The van der Waals surface area contributed by atoms with Gasteiger partial charge < -0.3 is 15.6 Å². The first-order valence-electron chi connectivity index (χ1n) is 11.5. The molecule has 3 N–H and O–H groups in total. The van der Waals surface area contributed by atoms with Crippen molar-refractivity contribution in [3.05, 3.63) is 94.0 Å². The van der Waals surface area contributed by atoms with Crippen molar-refractivity contribution < 1.29 is 9.63 Å². The number of hydrogen-bond donors (Lipinski definition) is 2. The maximum atomic E-state index is 11.3. The van der Waals surface area contributed by atoms with Crippen LogP contribution in [0.4, 0.5) is 0 Å².